The molecule has 0 aliphatic carbocycles. The fraction of sp³-hybridized carbons (Fsp3) is 0.300. The van der Waals surface area contributed by atoms with Crippen LogP contribution in [0.5, 0.6) is 0 Å². The van der Waals surface area contributed by atoms with Crippen LogP contribution in [0, 0.1) is 0 Å². The van der Waals surface area contributed by atoms with E-state index in [1.165, 1.54) is 0 Å². The lowest BCUT2D eigenvalue weighted by atomic mass is 10.2. The van der Waals surface area contributed by atoms with Crippen LogP contribution in [0.4, 0.5) is 11.4 Å². The van der Waals surface area contributed by atoms with E-state index in [0.29, 0.717) is 8.73 Å². The molecule has 0 aromatic heterocycles. The monoisotopic (exact) mass is 356 g/mol. The highest BCUT2D eigenvalue weighted by atomic mass is 31.1. The van der Waals surface area contributed by atoms with Gasteiger partial charge in [-0.3, -0.25) is 4.90 Å². The molecule has 1 atom stereocenters. The Morgan fingerprint density at radius 1 is 0.760 bits per heavy atom. The average molecular weight is 356 g/mol. The van der Waals surface area contributed by atoms with Crippen LogP contribution >= 0.6 is 8.73 Å². The molecule has 0 saturated carbocycles. The third-order valence-corrected chi connectivity index (χ3v) is 5.39. The fourth-order valence-electron chi connectivity index (χ4n) is 3.45. The van der Waals surface area contributed by atoms with Crippen molar-refractivity contribution in [2.24, 2.45) is 0 Å². The van der Waals surface area contributed by atoms with Crippen LogP contribution in [0.3, 0.4) is 0 Å². The van der Waals surface area contributed by atoms with E-state index in [0.717, 1.165) is 11.4 Å². The predicted octanol–water partition coefficient (Wildman–Crippen LogP) is 4.10. The van der Waals surface area contributed by atoms with Gasteiger partial charge in [0.1, 0.15) is 0 Å². The average Bonchev–Trinajstić information content (AvgIpc) is 2.63. The molecule has 0 spiro atoms. The first-order valence-electron chi connectivity index (χ1n) is 8.32. The topological polar surface area (TPSA) is 13.0 Å². The van der Waals surface area contributed by atoms with Crippen molar-refractivity contribution < 1.29 is 0 Å². The highest BCUT2D eigenvalue weighted by molar-refractivity contribution is 7.38. The minimum atomic E-state index is -0.491. The first-order valence-corrected chi connectivity index (χ1v) is 9.34. The summed E-state index contributed by atoms with van der Waals surface area (Å²) in [6.07, 6.45) is 0. The highest BCUT2D eigenvalue weighted by Gasteiger charge is 2.45. The Balaban J connectivity index is 2.61. The molecule has 2 aromatic carbocycles. The van der Waals surface area contributed by atoms with E-state index in [2.05, 4.69) is 110 Å². The van der Waals surface area contributed by atoms with Gasteiger partial charge in [-0.25, -0.2) is 4.67 Å². The van der Waals surface area contributed by atoms with Crippen molar-refractivity contribution in [2.45, 2.75) is 5.91 Å². The largest absolute Gasteiger partial charge is 0.326 e. The van der Waals surface area contributed by atoms with Gasteiger partial charge < -0.3 is 9.80 Å². The molecule has 4 nitrogen and oxygen atoms in total. The molecule has 25 heavy (non-hydrogen) atoms. The van der Waals surface area contributed by atoms with Crippen molar-refractivity contribution >= 4 is 20.1 Å². The summed E-state index contributed by atoms with van der Waals surface area (Å²) in [6, 6.07) is 21.0. The van der Waals surface area contributed by atoms with Gasteiger partial charge in [-0.1, -0.05) is 48.8 Å². The molecule has 0 N–H and O–H groups in total. The summed E-state index contributed by atoms with van der Waals surface area (Å²) in [5, 5.41) is 0. The van der Waals surface area contributed by atoms with E-state index in [1.54, 1.807) is 0 Å². The molecule has 0 heterocycles. The van der Waals surface area contributed by atoms with Crippen LogP contribution in [0.1, 0.15) is 0 Å². The zero-order valence-electron chi connectivity index (χ0n) is 15.8. The number of para-hydroxylation sites is 2. The molecule has 5 heteroatoms. The van der Waals surface area contributed by atoms with Crippen LogP contribution in [-0.2, 0) is 0 Å². The summed E-state index contributed by atoms with van der Waals surface area (Å²) in [6.45, 7) is 3.95. The lowest BCUT2D eigenvalue weighted by molar-refractivity contribution is 0.0499. The van der Waals surface area contributed by atoms with E-state index in [1.807, 2.05) is 17.9 Å². The second kappa shape index (κ2) is 8.48. The van der Waals surface area contributed by atoms with E-state index in [9.17, 15) is 0 Å². The number of hydrogen-bond acceptors (Lipinski definition) is 4. The summed E-state index contributed by atoms with van der Waals surface area (Å²) >= 11 is 0. The molecular weight excluding hydrogens is 327 g/mol. The molecule has 0 aliphatic rings. The maximum Gasteiger partial charge on any atom is 0.236 e. The second-order valence-electron chi connectivity index (χ2n) is 6.18. The van der Waals surface area contributed by atoms with E-state index < -0.39 is 5.91 Å². The normalized spacial score (nSPS) is 12.1. The van der Waals surface area contributed by atoms with Crippen molar-refractivity contribution in [3.05, 3.63) is 73.1 Å². The molecule has 2 aromatic rings. The van der Waals surface area contributed by atoms with Crippen LogP contribution < -0.4 is 9.80 Å². The van der Waals surface area contributed by atoms with Crippen LogP contribution in [-0.4, -0.2) is 50.7 Å². The van der Waals surface area contributed by atoms with Gasteiger partial charge in [0.25, 0.3) is 0 Å². The molecule has 2 rings (SSSR count). The Labute approximate surface area is 154 Å². The van der Waals surface area contributed by atoms with E-state index in [4.69, 9.17) is 0 Å². The SMILES string of the molecule is C=CPN(C)C(N(C)C)(N(C)c1ccccc1)N(C)c1ccccc1. The maximum absolute atomic E-state index is 3.95. The van der Waals surface area contributed by atoms with Gasteiger partial charge in [0.15, 0.2) is 0 Å². The third kappa shape index (κ3) is 3.72. The Kier molecular flexibility index (Phi) is 6.60. The third-order valence-electron chi connectivity index (χ3n) is 4.52. The maximum atomic E-state index is 3.95. The molecule has 0 radical (unpaired) electrons. The van der Waals surface area contributed by atoms with E-state index in [-0.39, 0.29) is 0 Å². The van der Waals surface area contributed by atoms with Gasteiger partial charge in [0, 0.05) is 25.5 Å². The van der Waals surface area contributed by atoms with Gasteiger partial charge >= 0.3 is 0 Å². The molecule has 0 amide bonds. The van der Waals surface area contributed by atoms with Gasteiger partial charge in [-0.2, -0.15) is 0 Å². The molecule has 0 bridgehead atoms. The van der Waals surface area contributed by atoms with Crippen molar-refractivity contribution in [2.75, 3.05) is 45.0 Å². The summed E-state index contributed by atoms with van der Waals surface area (Å²) in [4.78, 5) is 6.84. The van der Waals surface area contributed by atoms with Crippen LogP contribution in [0.25, 0.3) is 0 Å². The zero-order valence-corrected chi connectivity index (χ0v) is 16.8. The highest BCUT2D eigenvalue weighted by Crippen LogP contribution is 2.38. The summed E-state index contributed by atoms with van der Waals surface area (Å²) in [7, 11) is 11.1. The van der Waals surface area contributed by atoms with Crippen LogP contribution in [0.15, 0.2) is 73.1 Å². The van der Waals surface area contributed by atoms with Crippen molar-refractivity contribution in [3.63, 3.8) is 0 Å². The minimum Gasteiger partial charge on any atom is -0.326 e. The number of hydrogen-bond donors (Lipinski definition) is 0. The Bertz CT molecular complexity index is 614. The Morgan fingerprint density at radius 3 is 1.48 bits per heavy atom. The first-order chi connectivity index (χ1) is 12.0. The number of benzene rings is 2. The molecule has 0 aliphatic heterocycles. The van der Waals surface area contributed by atoms with Crippen molar-refractivity contribution in [1.29, 1.82) is 0 Å². The second-order valence-corrected chi connectivity index (χ2v) is 7.51. The molecular formula is C20H29N4P. The van der Waals surface area contributed by atoms with Crippen LogP contribution in [0.2, 0.25) is 0 Å². The zero-order chi connectivity index (χ0) is 18.4. The quantitative estimate of drug-likeness (QED) is 0.521. The Hall–Kier alpha value is -1.87. The summed E-state index contributed by atoms with van der Waals surface area (Å²) in [5.41, 5.74) is 2.30. The lowest BCUT2D eigenvalue weighted by Gasteiger charge is -2.57. The van der Waals surface area contributed by atoms with Gasteiger partial charge in [-0.15, -0.1) is 0 Å². The van der Waals surface area contributed by atoms with E-state index >= 15 is 0 Å². The first kappa shape index (κ1) is 19.5. The van der Waals surface area contributed by atoms with Crippen molar-refractivity contribution in [3.8, 4) is 0 Å². The molecule has 134 valence electrons. The fourth-order valence-corrected chi connectivity index (χ4v) is 4.40. The summed E-state index contributed by atoms with van der Waals surface area (Å²) < 4.78 is 2.32. The number of anilines is 2. The standard InChI is InChI=1S/C20H29N4P/c1-7-25-24(6)20(21(2)3,22(4)18-14-10-8-11-15-18)23(5)19-16-12-9-13-17-19/h7-17,25H,1H2,2-6H3. The number of nitrogens with zero attached hydrogens (tertiary/aromatic N) is 4. The Morgan fingerprint density at radius 2 is 1.16 bits per heavy atom. The van der Waals surface area contributed by atoms with Gasteiger partial charge in [0.05, 0.1) is 0 Å². The minimum absolute atomic E-state index is 0.480. The number of rotatable bonds is 8. The molecule has 1 unspecified atom stereocenters. The van der Waals surface area contributed by atoms with Gasteiger partial charge in [-0.05, 0) is 54.1 Å². The van der Waals surface area contributed by atoms with Crippen molar-refractivity contribution in [1.82, 2.24) is 9.57 Å². The smallest absolute Gasteiger partial charge is 0.236 e. The lowest BCUT2D eigenvalue weighted by Crippen LogP contribution is -2.73. The summed E-state index contributed by atoms with van der Waals surface area (Å²) in [5.74, 6) is 1.48. The molecule has 0 fully saturated rings. The van der Waals surface area contributed by atoms with Gasteiger partial charge in [0.2, 0.25) is 5.91 Å². The molecule has 0 saturated heterocycles. The predicted molar refractivity (Wildman–Crippen MR) is 112 cm³/mol.